The van der Waals surface area contributed by atoms with Crippen molar-refractivity contribution in [2.45, 2.75) is 12.8 Å². The van der Waals surface area contributed by atoms with Gasteiger partial charge in [0.05, 0.1) is 25.3 Å². The molecule has 4 aromatic rings. The molecule has 2 amide bonds. The lowest BCUT2D eigenvalue weighted by molar-refractivity contribution is 0.0592. The molecule has 0 bridgehead atoms. The summed E-state index contributed by atoms with van der Waals surface area (Å²) in [5.74, 6) is -2.32. The zero-order valence-electron chi connectivity index (χ0n) is 22.4. The predicted octanol–water partition coefficient (Wildman–Crippen LogP) is 4.36. The first-order valence-electron chi connectivity index (χ1n) is 12.8. The molecular formula is C32H30N2O6. The molecule has 0 spiro atoms. The number of carbonyl (C=O) groups is 4. The number of amides is 2. The second-order valence-corrected chi connectivity index (χ2v) is 9.04. The van der Waals surface area contributed by atoms with Gasteiger partial charge in [-0.1, -0.05) is 60.7 Å². The Balaban J connectivity index is 1.74. The van der Waals surface area contributed by atoms with Crippen LogP contribution in [0.5, 0.6) is 0 Å². The SMILES string of the molecule is COC(=O)c1ccc(C(=O)NCCc2ccccc2)c2c(C(=O)OC)ccc(C(=O)NCCc3ccccc3)c12. The van der Waals surface area contributed by atoms with Crippen LogP contribution in [0.2, 0.25) is 0 Å². The molecule has 0 aliphatic carbocycles. The van der Waals surface area contributed by atoms with E-state index in [-0.39, 0.29) is 33.0 Å². The lowest BCUT2D eigenvalue weighted by Crippen LogP contribution is -2.28. The largest absolute Gasteiger partial charge is 0.465 e. The number of fused-ring (bicyclic) bond motifs is 1. The van der Waals surface area contributed by atoms with Crippen LogP contribution in [-0.4, -0.2) is 51.1 Å². The fourth-order valence-corrected chi connectivity index (χ4v) is 4.55. The molecule has 0 aromatic heterocycles. The van der Waals surface area contributed by atoms with Gasteiger partial charge in [0.15, 0.2) is 0 Å². The first-order valence-corrected chi connectivity index (χ1v) is 12.8. The Morgan fingerprint density at radius 2 is 0.875 bits per heavy atom. The lowest BCUT2D eigenvalue weighted by Gasteiger charge is -2.17. The normalized spacial score (nSPS) is 10.6. The molecule has 0 unspecified atom stereocenters. The summed E-state index contributed by atoms with van der Waals surface area (Å²) < 4.78 is 9.94. The highest BCUT2D eigenvalue weighted by Gasteiger charge is 2.26. The molecule has 0 aliphatic heterocycles. The van der Waals surface area contributed by atoms with Gasteiger partial charge in [0.2, 0.25) is 0 Å². The summed E-state index contributed by atoms with van der Waals surface area (Å²) in [4.78, 5) is 52.4. The van der Waals surface area contributed by atoms with E-state index < -0.39 is 23.8 Å². The number of rotatable bonds is 10. The first kappa shape index (κ1) is 28.0. The summed E-state index contributed by atoms with van der Waals surface area (Å²) in [6, 6.07) is 25.1. The van der Waals surface area contributed by atoms with Crippen LogP contribution in [0.25, 0.3) is 10.8 Å². The Morgan fingerprint density at radius 3 is 1.23 bits per heavy atom. The number of methoxy groups -OCH3 is 2. The van der Waals surface area contributed by atoms with Crippen molar-refractivity contribution >= 4 is 34.5 Å². The quantitative estimate of drug-likeness (QED) is 0.290. The summed E-state index contributed by atoms with van der Waals surface area (Å²) in [5, 5.41) is 6.04. The van der Waals surface area contributed by atoms with Crippen LogP contribution < -0.4 is 10.6 Å². The zero-order valence-corrected chi connectivity index (χ0v) is 22.4. The van der Waals surface area contributed by atoms with Gasteiger partial charge >= 0.3 is 11.9 Å². The van der Waals surface area contributed by atoms with E-state index in [1.165, 1.54) is 38.5 Å². The molecule has 4 aromatic carbocycles. The van der Waals surface area contributed by atoms with E-state index in [9.17, 15) is 19.2 Å². The summed E-state index contributed by atoms with van der Waals surface area (Å²) in [6.45, 7) is 0.687. The van der Waals surface area contributed by atoms with E-state index in [0.29, 0.717) is 25.9 Å². The van der Waals surface area contributed by atoms with Crippen molar-refractivity contribution in [1.29, 1.82) is 0 Å². The summed E-state index contributed by atoms with van der Waals surface area (Å²) in [5.41, 5.74) is 2.48. The second-order valence-electron chi connectivity index (χ2n) is 9.04. The Bertz CT molecular complexity index is 1420. The molecule has 0 fully saturated rings. The van der Waals surface area contributed by atoms with Crippen LogP contribution >= 0.6 is 0 Å². The van der Waals surface area contributed by atoms with Crippen molar-refractivity contribution in [3.63, 3.8) is 0 Å². The lowest BCUT2D eigenvalue weighted by atomic mass is 9.90. The van der Waals surface area contributed by atoms with Crippen molar-refractivity contribution < 1.29 is 28.7 Å². The molecule has 8 nitrogen and oxygen atoms in total. The maximum absolute atomic E-state index is 13.4. The molecule has 204 valence electrons. The van der Waals surface area contributed by atoms with Gasteiger partial charge in [-0.25, -0.2) is 9.59 Å². The Morgan fingerprint density at radius 1 is 0.525 bits per heavy atom. The van der Waals surface area contributed by atoms with Gasteiger partial charge in [-0.2, -0.15) is 0 Å². The summed E-state index contributed by atoms with van der Waals surface area (Å²) in [7, 11) is 2.45. The maximum Gasteiger partial charge on any atom is 0.338 e. The standard InChI is InChI=1S/C32H30N2O6/c1-39-31(37)25-15-13-24(30(36)34-20-18-22-11-7-4-8-12-22)28-26(32(38)40-2)16-14-23(27(25)28)29(35)33-19-17-21-9-5-3-6-10-21/h3-16H,17-20H2,1-2H3,(H,33,35)(H,34,36). The zero-order chi connectivity index (χ0) is 28.5. The molecule has 0 saturated heterocycles. The minimum Gasteiger partial charge on any atom is -0.465 e. The Kier molecular flexibility index (Phi) is 9.25. The highest BCUT2D eigenvalue weighted by atomic mass is 16.5. The highest BCUT2D eigenvalue weighted by Crippen LogP contribution is 2.31. The fourth-order valence-electron chi connectivity index (χ4n) is 4.55. The number of hydrogen-bond donors (Lipinski definition) is 2. The summed E-state index contributed by atoms with van der Waals surface area (Å²) >= 11 is 0. The third-order valence-corrected chi connectivity index (χ3v) is 6.54. The van der Waals surface area contributed by atoms with Crippen LogP contribution in [0.1, 0.15) is 52.6 Å². The van der Waals surface area contributed by atoms with Gasteiger partial charge in [0.1, 0.15) is 0 Å². The van der Waals surface area contributed by atoms with Crippen LogP contribution in [0.4, 0.5) is 0 Å². The molecule has 0 saturated carbocycles. The van der Waals surface area contributed by atoms with E-state index in [1.807, 2.05) is 60.7 Å². The van der Waals surface area contributed by atoms with E-state index in [4.69, 9.17) is 9.47 Å². The predicted molar refractivity (Wildman–Crippen MR) is 152 cm³/mol. The first-order chi connectivity index (χ1) is 19.4. The van der Waals surface area contributed by atoms with Gasteiger partial charge in [-0.05, 0) is 48.2 Å². The van der Waals surface area contributed by atoms with Crippen molar-refractivity contribution in [2.75, 3.05) is 27.3 Å². The van der Waals surface area contributed by atoms with E-state index in [2.05, 4.69) is 10.6 Å². The number of esters is 2. The van der Waals surface area contributed by atoms with Gasteiger partial charge < -0.3 is 20.1 Å². The number of nitrogens with one attached hydrogen (secondary N) is 2. The van der Waals surface area contributed by atoms with Crippen LogP contribution in [-0.2, 0) is 22.3 Å². The molecule has 8 heteroatoms. The Labute approximate surface area is 232 Å². The smallest absolute Gasteiger partial charge is 0.338 e. The summed E-state index contributed by atoms with van der Waals surface area (Å²) in [6.07, 6.45) is 1.20. The van der Waals surface area contributed by atoms with Crippen LogP contribution in [0.3, 0.4) is 0 Å². The number of hydrogen-bond acceptors (Lipinski definition) is 6. The molecule has 40 heavy (non-hydrogen) atoms. The van der Waals surface area contributed by atoms with Gasteiger partial charge in [0, 0.05) is 35.0 Å². The topological polar surface area (TPSA) is 111 Å². The van der Waals surface area contributed by atoms with Gasteiger partial charge in [-0.15, -0.1) is 0 Å². The maximum atomic E-state index is 13.4. The molecule has 0 heterocycles. The van der Waals surface area contributed by atoms with E-state index >= 15 is 0 Å². The van der Waals surface area contributed by atoms with Gasteiger partial charge in [0.25, 0.3) is 11.8 Å². The monoisotopic (exact) mass is 538 g/mol. The highest BCUT2D eigenvalue weighted by molar-refractivity contribution is 6.23. The molecule has 0 aliphatic rings. The molecule has 0 atom stereocenters. The van der Waals surface area contributed by atoms with Crippen molar-refractivity contribution in [3.8, 4) is 0 Å². The van der Waals surface area contributed by atoms with Crippen LogP contribution in [0, 0.1) is 0 Å². The van der Waals surface area contributed by atoms with Crippen molar-refractivity contribution in [2.24, 2.45) is 0 Å². The van der Waals surface area contributed by atoms with Crippen molar-refractivity contribution in [3.05, 3.63) is 118 Å². The minimum atomic E-state index is -0.707. The number of ether oxygens (including phenoxy) is 2. The van der Waals surface area contributed by atoms with E-state index in [1.54, 1.807) is 0 Å². The molecular weight excluding hydrogens is 508 g/mol. The number of benzene rings is 4. The molecule has 4 rings (SSSR count). The van der Waals surface area contributed by atoms with E-state index in [0.717, 1.165) is 11.1 Å². The Hall–Kier alpha value is -4.98. The van der Waals surface area contributed by atoms with Crippen molar-refractivity contribution in [1.82, 2.24) is 10.6 Å². The average Bonchev–Trinajstić information content (AvgIpc) is 3.00. The molecule has 0 radical (unpaired) electrons. The van der Waals surface area contributed by atoms with Crippen LogP contribution in [0.15, 0.2) is 84.9 Å². The second kappa shape index (κ2) is 13.2. The fraction of sp³-hybridized carbons (Fsp3) is 0.188. The third kappa shape index (κ3) is 6.35. The average molecular weight is 539 g/mol. The number of carbonyl (C=O) groups excluding carboxylic acids is 4. The van der Waals surface area contributed by atoms with Gasteiger partial charge in [-0.3, -0.25) is 9.59 Å². The minimum absolute atomic E-state index is 0.0531. The third-order valence-electron chi connectivity index (χ3n) is 6.54. The molecule has 2 N–H and O–H groups in total.